The van der Waals surface area contributed by atoms with Crippen molar-refractivity contribution in [1.29, 1.82) is 0 Å². The number of hydrogen-bond donors (Lipinski definition) is 1. The smallest absolute Gasteiger partial charge is 0.125 e. The van der Waals surface area contributed by atoms with Crippen molar-refractivity contribution in [2.24, 2.45) is 0 Å². The number of benzene rings is 2. The number of fused-ring (bicyclic) bond motifs is 1. The van der Waals surface area contributed by atoms with Gasteiger partial charge >= 0.3 is 0 Å². The normalized spacial score (nSPS) is 14.5. The van der Waals surface area contributed by atoms with Crippen molar-refractivity contribution in [3.63, 3.8) is 0 Å². The van der Waals surface area contributed by atoms with Crippen molar-refractivity contribution in [2.75, 3.05) is 31.1 Å². The summed E-state index contributed by atoms with van der Waals surface area (Å²) in [6.07, 6.45) is 0. The Bertz CT molecular complexity index is 833. The standard InChI is InChI=1S/C19H18FN3.ClH/c20-15-6-7-16-18(12-15)22-17(14-4-2-1-3-5-14)13-19(16)23-10-8-21-9-11-23;/h1-7,12-13,21H,8-11H2;1H. The molecule has 0 unspecified atom stereocenters. The molecule has 0 amide bonds. The van der Waals surface area contributed by atoms with E-state index in [-0.39, 0.29) is 18.2 Å². The van der Waals surface area contributed by atoms with Crippen molar-refractivity contribution < 1.29 is 4.39 Å². The zero-order chi connectivity index (χ0) is 15.6. The van der Waals surface area contributed by atoms with Crippen LogP contribution in [0.15, 0.2) is 54.6 Å². The van der Waals surface area contributed by atoms with Gasteiger partial charge in [0, 0.05) is 48.9 Å². The second kappa shape index (κ2) is 7.16. The Morgan fingerprint density at radius 3 is 2.46 bits per heavy atom. The van der Waals surface area contributed by atoms with Crippen LogP contribution in [0, 0.1) is 5.82 Å². The lowest BCUT2D eigenvalue weighted by Gasteiger charge is -2.30. The molecule has 4 rings (SSSR count). The average Bonchev–Trinajstić information content (AvgIpc) is 2.62. The first-order valence-electron chi connectivity index (χ1n) is 7.93. The summed E-state index contributed by atoms with van der Waals surface area (Å²) >= 11 is 0. The minimum Gasteiger partial charge on any atom is -0.368 e. The Morgan fingerprint density at radius 1 is 0.958 bits per heavy atom. The van der Waals surface area contributed by atoms with E-state index < -0.39 is 0 Å². The van der Waals surface area contributed by atoms with Gasteiger partial charge in [-0.05, 0) is 18.2 Å². The maximum atomic E-state index is 13.7. The summed E-state index contributed by atoms with van der Waals surface area (Å²) in [7, 11) is 0. The quantitative estimate of drug-likeness (QED) is 0.765. The first-order chi connectivity index (χ1) is 11.3. The molecule has 0 atom stereocenters. The molecule has 2 heterocycles. The van der Waals surface area contributed by atoms with Gasteiger partial charge in [-0.25, -0.2) is 9.37 Å². The fourth-order valence-electron chi connectivity index (χ4n) is 3.11. The molecule has 1 aliphatic rings. The number of aromatic nitrogens is 1. The highest BCUT2D eigenvalue weighted by Gasteiger charge is 2.16. The fraction of sp³-hybridized carbons (Fsp3) is 0.211. The van der Waals surface area contributed by atoms with E-state index in [1.165, 1.54) is 12.1 Å². The van der Waals surface area contributed by atoms with Gasteiger partial charge in [-0.2, -0.15) is 0 Å². The van der Waals surface area contributed by atoms with Gasteiger partial charge in [0.05, 0.1) is 11.2 Å². The third-order valence-electron chi connectivity index (χ3n) is 4.28. The number of nitrogens with zero attached hydrogens (tertiary/aromatic N) is 2. The molecular weight excluding hydrogens is 325 g/mol. The summed E-state index contributed by atoms with van der Waals surface area (Å²) in [6.45, 7) is 3.83. The van der Waals surface area contributed by atoms with Crippen molar-refractivity contribution in [3.05, 3.63) is 60.4 Å². The molecule has 1 aromatic heterocycles. The van der Waals surface area contributed by atoms with Crippen LogP contribution in [-0.2, 0) is 0 Å². The number of hydrogen-bond acceptors (Lipinski definition) is 3. The molecule has 0 aliphatic carbocycles. The predicted molar refractivity (Wildman–Crippen MR) is 99.5 cm³/mol. The van der Waals surface area contributed by atoms with E-state index in [0.717, 1.165) is 48.5 Å². The van der Waals surface area contributed by atoms with Gasteiger partial charge in [-0.1, -0.05) is 30.3 Å². The highest BCUT2D eigenvalue weighted by molar-refractivity contribution is 5.94. The number of pyridine rings is 1. The van der Waals surface area contributed by atoms with E-state index in [1.807, 2.05) is 36.4 Å². The first-order valence-corrected chi connectivity index (χ1v) is 7.93. The summed E-state index contributed by atoms with van der Waals surface area (Å²) in [5.41, 5.74) is 3.78. The first kappa shape index (κ1) is 16.7. The molecule has 1 N–H and O–H groups in total. The van der Waals surface area contributed by atoms with Crippen molar-refractivity contribution >= 4 is 29.0 Å². The van der Waals surface area contributed by atoms with E-state index in [0.29, 0.717) is 5.52 Å². The molecule has 0 radical (unpaired) electrons. The molecule has 24 heavy (non-hydrogen) atoms. The Hall–Kier alpha value is -2.17. The number of anilines is 1. The van der Waals surface area contributed by atoms with Crippen LogP contribution in [-0.4, -0.2) is 31.2 Å². The molecule has 3 nitrogen and oxygen atoms in total. The maximum Gasteiger partial charge on any atom is 0.125 e. The van der Waals surface area contributed by atoms with Crippen LogP contribution in [0.1, 0.15) is 0 Å². The fourth-order valence-corrected chi connectivity index (χ4v) is 3.11. The Labute approximate surface area is 146 Å². The monoisotopic (exact) mass is 343 g/mol. The summed E-state index contributed by atoms with van der Waals surface area (Å²) in [5, 5.41) is 4.38. The minimum atomic E-state index is -0.249. The topological polar surface area (TPSA) is 28.2 Å². The maximum absolute atomic E-state index is 13.7. The molecule has 124 valence electrons. The van der Waals surface area contributed by atoms with Crippen LogP contribution in [0.5, 0.6) is 0 Å². The molecule has 1 aliphatic heterocycles. The van der Waals surface area contributed by atoms with Crippen LogP contribution in [0.3, 0.4) is 0 Å². The van der Waals surface area contributed by atoms with Crippen LogP contribution >= 0.6 is 12.4 Å². The van der Waals surface area contributed by atoms with Crippen LogP contribution in [0.25, 0.3) is 22.2 Å². The molecule has 0 bridgehead atoms. The van der Waals surface area contributed by atoms with Gasteiger partial charge in [0.2, 0.25) is 0 Å². The number of nitrogens with one attached hydrogen (secondary N) is 1. The lowest BCUT2D eigenvalue weighted by molar-refractivity contribution is 0.590. The van der Waals surface area contributed by atoms with Crippen LogP contribution < -0.4 is 10.2 Å². The zero-order valence-electron chi connectivity index (χ0n) is 13.2. The third kappa shape index (κ3) is 3.21. The van der Waals surface area contributed by atoms with Crippen molar-refractivity contribution in [2.45, 2.75) is 0 Å². The Kier molecular flexibility index (Phi) is 4.97. The van der Waals surface area contributed by atoms with Gasteiger partial charge in [-0.3, -0.25) is 0 Å². The van der Waals surface area contributed by atoms with E-state index in [2.05, 4.69) is 21.3 Å². The Balaban J connectivity index is 0.00000169. The van der Waals surface area contributed by atoms with E-state index >= 15 is 0 Å². The zero-order valence-corrected chi connectivity index (χ0v) is 14.0. The second-order valence-electron chi connectivity index (χ2n) is 5.79. The molecule has 1 saturated heterocycles. The van der Waals surface area contributed by atoms with Gasteiger partial charge < -0.3 is 10.2 Å². The summed E-state index contributed by atoms with van der Waals surface area (Å²) in [5.74, 6) is -0.249. The van der Waals surface area contributed by atoms with E-state index in [9.17, 15) is 4.39 Å². The molecular formula is C19H19ClFN3. The largest absolute Gasteiger partial charge is 0.368 e. The van der Waals surface area contributed by atoms with Crippen LogP contribution in [0.2, 0.25) is 0 Å². The van der Waals surface area contributed by atoms with Crippen LogP contribution in [0.4, 0.5) is 10.1 Å². The molecule has 2 aromatic carbocycles. The van der Waals surface area contributed by atoms with Crippen molar-refractivity contribution in [3.8, 4) is 11.3 Å². The van der Waals surface area contributed by atoms with Gasteiger partial charge in [0.25, 0.3) is 0 Å². The highest BCUT2D eigenvalue weighted by atomic mass is 35.5. The lowest BCUT2D eigenvalue weighted by Crippen LogP contribution is -2.43. The number of rotatable bonds is 2. The van der Waals surface area contributed by atoms with E-state index in [1.54, 1.807) is 0 Å². The molecule has 3 aromatic rings. The summed E-state index contributed by atoms with van der Waals surface area (Å²) in [6, 6.07) is 17.1. The van der Waals surface area contributed by atoms with E-state index in [4.69, 9.17) is 0 Å². The van der Waals surface area contributed by atoms with Gasteiger partial charge in [0.15, 0.2) is 0 Å². The highest BCUT2D eigenvalue weighted by Crippen LogP contribution is 2.31. The number of piperazine rings is 1. The average molecular weight is 344 g/mol. The molecule has 5 heteroatoms. The molecule has 0 spiro atoms. The third-order valence-corrected chi connectivity index (χ3v) is 4.28. The predicted octanol–water partition coefficient (Wildman–Crippen LogP) is 3.87. The SMILES string of the molecule is Cl.Fc1ccc2c(N3CCNCC3)cc(-c3ccccc3)nc2c1. The van der Waals surface area contributed by atoms with Gasteiger partial charge in [0.1, 0.15) is 5.82 Å². The molecule has 1 fully saturated rings. The molecule has 0 saturated carbocycles. The second-order valence-corrected chi connectivity index (χ2v) is 5.79. The van der Waals surface area contributed by atoms with Crippen molar-refractivity contribution in [1.82, 2.24) is 10.3 Å². The van der Waals surface area contributed by atoms with Gasteiger partial charge in [-0.15, -0.1) is 12.4 Å². The summed E-state index contributed by atoms with van der Waals surface area (Å²) < 4.78 is 13.7. The lowest BCUT2D eigenvalue weighted by atomic mass is 10.1. The number of halogens is 2. The minimum absolute atomic E-state index is 0. The Morgan fingerprint density at radius 2 is 1.71 bits per heavy atom. The summed E-state index contributed by atoms with van der Waals surface area (Å²) in [4.78, 5) is 7.03.